The lowest BCUT2D eigenvalue weighted by Crippen LogP contribution is -2.17. The third-order valence-corrected chi connectivity index (χ3v) is 4.99. The molecule has 3 heterocycles. The molecule has 0 aliphatic rings. The Kier molecular flexibility index (Phi) is 3.64. The largest absolute Gasteiger partial charge is 0.444 e. The molecule has 0 spiro atoms. The van der Waals surface area contributed by atoms with Gasteiger partial charge in [0.25, 0.3) is 0 Å². The Hall–Kier alpha value is -0.860. The molecular formula is C12H6Cl3O3P. The van der Waals surface area contributed by atoms with Gasteiger partial charge in [-0.05, 0) is 71.2 Å². The average Bonchev–Trinajstić information content (AvgIpc) is 3.05. The first kappa shape index (κ1) is 13.1. The molecule has 98 valence electrons. The highest BCUT2D eigenvalue weighted by Crippen LogP contribution is 2.36. The predicted octanol–water partition coefficient (Wildman–Crippen LogP) is 4.18. The van der Waals surface area contributed by atoms with Crippen LogP contribution in [0.2, 0.25) is 15.7 Å². The van der Waals surface area contributed by atoms with Gasteiger partial charge >= 0.3 is 0 Å². The summed E-state index contributed by atoms with van der Waals surface area (Å²) in [4.78, 5) is 0. The van der Waals surface area contributed by atoms with Crippen LogP contribution in [0.4, 0.5) is 0 Å². The summed E-state index contributed by atoms with van der Waals surface area (Å²) in [6.45, 7) is 0. The molecule has 0 aliphatic heterocycles. The Labute approximate surface area is 124 Å². The van der Waals surface area contributed by atoms with Crippen LogP contribution in [0.1, 0.15) is 0 Å². The van der Waals surface area contributed by atoms with E-state index in [-0.39, 0.29) is 0 Å². The van der Waals surface area contributed by atoms with Crippen molar-refractivity contribution in [3.63, 3.8) is 0 Å². The Morgan fingerprint density at radius 1 is 0.579 bits per heavy atom. The lowest BCUT2D eigenvalue weighted by molar-refractivity contribution is 0.587. The molecule has 3 aromatic heterocycles. The first-order valence-electron chi connectivity index (χ1n) is 5.19. The van der Waals surface area contributed by atoms with E-state index in [0.717, 1.165) is 0 Å². The van der Waals surface area contributed by atoms with E-state index in [4.69, 9.17) is 48.1 Å². The molecule has 0 saturated carbocycles. The van der Waals surface area contributed by atoms with Crippen molar-refractivity contribution < 1.29 is 13.3 Å². The minimum absolute atomic E-state index is 0.304. The predicted molar refractivity (Wildman–Crippen MR) is 77.0 cm³/mol. The quantitative estimate of drug-likeness (QED) is 0.674. The van der Waals surface area contributed by atoms with E-state index in [9.17, 15) is 0 Å². The smallest absolute Gasteiger partial charge is 0.193 e. The normalized spacial score (nSPS) is 11.4. The molecule has 0 N–H and O–H groups in total. The molecule has 0 bridgehead atoms. The standard InChI is InChI=1S/C12H6Cl3O3P/c13-7-1-4-10(16-7)19(11-5-2-8(14)17-11)12-6-3-9(15)18-12/h1-6H. The molecule has 0 amide bonds. The Morgan fingerprint density at radius 3 is 1.11 bits per heavy atom. The van der Waals surface area contributed by atoms with E-state index in [1.807, 2.05) is 0 Å². The van der Waals surface area contributed by atoms with E-state index >= 15 is 0 Å². The summed E-state index contributed by atoms with van der Waals surface area (Å²) < 4.78 is 16.4. The minimum atomic E-state index is -1.14. The number of halogens is 3. The van der Waals surface area contributed by atoms with Crippen molar-refractivity contribution in [2.24, 2.45) is 0 Å². The van der Waals surface area contributed by atoms with Gasteiger partial charge in [0.2, 0.25) is 0 Å². The fourth-order valence-electron chi connectivity index (χ4n) is 1.60. The highest BCUT2D eigenvalue weighted by atomic mass is 35.5. The second-order valence-corrected chi connectivity index (χ2v) is 6.68. The van der Waals surface area contributed by atoms with Gasteiger partial charge in [-0.3, -0.25) is 0 Å². The monoisotopic (exact) mass is 334 g/mol. The topological polar surface area (TPSA) is 39.4 Å². The van der Waals surface area contributed by atoms with Crippen LogP contribution in [-0.4, -0.2) is 0 Å². The van der Waals surface area contributed by atoms with Crippen LogP contribution in [-0.2, 0) is 0 Å². The van der Waals surface area contributed by atoms with E-state index in [1.165, 1.54) is 0 Å². The SMILES string of the molecule is Clc1ccc(P(c2ccc(Cl)o2)c2ccc(Cl)o2)o1. The second-order valence-electron chi connectivity index (χ2n) is 3.57. The highest BCUT2D eigenvalue weighted by Gasteiger charge is 2.26. The lowest BCUT2D eigenvalue weighted by atomic mass is 10.7. The fourth-order valence-corrected chi connectivity index (χ4v) is 4.09. The molecule has 3 aromatic rings. The molecule has 0 saturated heterocycles. The summed E-state index contributed by atoms with van der Waals surface area (Å²) in [6.07, 6.45) is 0. The summed E-state index contributed by atoms with van der Waals surface area (Å²) in [5.41, 5.74) is 1.95. The zero-order valence-corrected chi connectivity index (χ0v) is 12.4. The van der Waals surface area contributed by atoms with Crippen molar-refractivity contribution in [2.75, 3.05) is 0 Å². The third kappa shape index (κ3) is 2.70. The molecule has 7 heteroatoms. The zero-order valence-electron chi connectivity index (χ0n) is 9.27. The van der Waals surface area contributed by atoms with E-state index < -0.39 is 7.92 Å². The van der Waals surface area contributed by atoms with Gasteiger partial charge in [0.15, 0.2) is 15.7 Å². The fraction of sp³-hybridized carbons (Fsp3) is 0. The van der Waals surface area contributed by atoms with Gasteiger partial charge in [0, 0.05) is 0 Å². The van der Waals surface area contributed by atoms with Gasteiger partial charge in [-0.15, -0.1) is 0 Å². The van der Waals surface area contributed by atoms with Crippen molar-refractivity contribution in [3.8, 4) is 0 Å². The first-order valence-corrected chi connectivity index (χ1v) is 7.67. The van der Waals surface area contributed by atoms with E-state index in [0.29, 0.717) is 32.2 Å². The van der Waals surface area contributed by atoms with Crippen LogP contribution < -0.4 is 16.5 Å². The first-order chi connectivity index (χ1) is 9.13. The highest BCUT2D eigenvalue weighted by molar-refractivity contribution is 7.78. The number of rotatable bonds is 3. The third-order valence-electron chi connectivity index (χ3n) is 2.34. The molecule has 0 fully saturated rings. The van der Waals surface area contributed by atoms with Gasteiger partial charge in [0.1, 0.15) is 24.4 Å². The van der Waals surface area contributed by atoms with Crippen molar-refractivity contribution in [3.05, 3.63) is 52.1 Å². The molecule has 0 unspecified atom stereocenters. The van der Waals surface area contributed by atoms with Crippen molar-refractivity contribution in [2.45, 2.75) is 0 Å². The summed E-state index contributed by atoms with van der Waals surface area (Å²) in [6, 6.07) is 10.3. The maximum atomic E-state index is 5.82. The van der Waals surface area contributed by atoms with Gasteiger partial charge in [-0.1, -0.05) is 0 Å². The Balaban J connectivity index is 2.10. The number of furan rings is 3. The summed E-state index contributed by atoms with van der Waals surface area (Å²) in [5, 5.41) is 0.911. The molecular weight excluding hydrogens is 329 g/mol. The second kappa shape index (κ2) is 5.26. The van der Waals surface area contributed by atoms with Gasteiger partial charge in [0.05, 0.1) is 0 Å². The van der Waals surface area contributed by atoms with Crippen molar-refractivity contribution in [1.29, 1.82) is 0 Å². The molecule has 19 heavy (non-hydrogen) atoms. The lowest BCUT2D eigenvalue weighted by Gasteiger charge is -2.08. The van der Waals surface area contributed by atoms with Crippen LogP contribution in [0.25, 0.3) is 0 Å². The zero-order chi connectivity index (χ0) is 13.4. The summed E-state index contributed by atoms with van der Waals surface area (Å²) >= 11 is 17.5. The molecule has 0 radical (unpaired) electrons. The molecule has 3 nitrogen and oxygen atoms in total. The van der Waals surface area contributed by atoms with Gasteiger partial charge < -0.3 is 13.3 Å². The summed E-state index contributed by atoms with van der Waals surface area (Å²) in [5.74, 6) is 0. The van der Waals surface area contributed by atoms with Crippen LogP contribution in [0, 0.1) is 0 Å². The minimum Gasteiger partial charge on any atom is -0.444 e. The maximum Gasteiger partial charge on any atom is 0.193 e. The average molecular weight is 336 g/mol. The van der Waals surface area contributed by atoms with Crippen molar-refractivity contribution >= 4 is 59.2 Å². The van der Waals surface area contributed by atoms with Crippen LogP contribution in [0.5, 0.6) is 0 Å². The van der Waals surface area contributed by atoms with Crippen LogP contribution in [0.3, 0.4) is 0 Å². The Bertz CT molecular complexity index is 605. The van der Waals surface area contributed by atoms with Gasteiger partial charge in [-0.25, -0.2) is 0 Å². The van der Waals surface area contributed by atoms with E-state index in [2.05, 4.69) is 0 Å². The number of hydrogen-bond donors (Lipinski definition) is 0. The van der Waals surface area contributed by atoms with Crippen LogP contribution in [0.15, 0.2) is 49.6 Å². The van der Waals surface area contributed by atoms with Crippen molar-refractivity contribution in [1.82, 2.24) is 0 Å². The number of hydrogen-bond acceptors (Lipinski definition) is 3. The van der Waals surface area contributed by atoms with Crippen LogP contribution >= 0.6 is 42.7 Å². The van der Waals surface area contributed by atoms with E-state index in [1.54, 1.807) is 36.4 Å². The van der Waals surface area contributed by atoms with Gasteiger partial charge in [-0.2, -0.15) is 0 Å². The molecule has 3 rings (SSSR count). The maximum absolute atomic E-state index is 5.82. The molecule has 0 aromatic carbocycles. The molecule has 0 atom stereocenters. The summed E-state index contributed by atoms with van der Waals surface area (Å²) in [7, 11) is -1.14. The Morgan fingerprint density at radius 2 is 0.895 bits per heavy atom. The molecule has 0 aliphatic carbocycles.